The molecular weight excluding hydrogens is 667 g/mol. The smallest absolute Gasteiger partial charge is 0.263 e. The molecule has 0 radical (unpaired) electrons. The summed E-state index contributed by atoms with van der Waals surface area (Å²) in [5, 5.41) is 20.7. The molecule has 0 spiro atoms. The van der Waals surface area contributed by atoms with E-state index in [1.54, 1.807) is 36.4 Å². The van der Waals surface area contributed by atoms with Crippen molar-refractivity contribution in [2.75, 3.05) is 0 Å². The van der Waals surface area contributed by atoms with Crippen LogP contribution in [0.15, 0.2) is 113 Å². The zero-order valence-electron chi connectivity index (χ0n) is 23.8. The van der Waals surface area contributed by atoms with Crippen LogP contribution in [0.25, 0.3) is 44.4 Å². The van der Waals surface area contributed by atoms with E-state index in [-0.39, 0.29) is 53.7 Å². The number of benzene rings is 5. The fourth-order valence-electron chi connectivity index (χ4n) is 5.44. The van der Waals surface area contributed by atoms with Gasteiger partial charge in [-0.2, -0.15) is 10.5 Å². The molecule has 2 atom stereocenters. The van der Waals surface area contributed by atoms with Gasteiger partial charge in [-0.15, -0.1) is 0 Å². The van der Waals surface area contributed by atoms with Crippen molar-refractivity contribution < 1.29 is 26.1 Å². The van der Waals surface area contributed by atoms with Gasteiger partial charge in [-0.3, -0.25) is 3.97 Å². The molecular formula is C35H19ClF3N3O3S2. The molecule has 47 heavy (non-hydrogen) atoms. The molecule has 1 N–H and O–H groups in total. The molecule has 1 heterocycles. The number of nitriles is 2. The van der Waals surface area contributed by atoms with Crippen LogP contribution in [0.3, 0.4) is 0 Å². The number of rotatable bonds is 7. The van der Waals surface area contributed by atoms with Crippen LogP contribution in [0.2, 0.25) is 5.02 Å². The lowest BCUT2D eigenvalue weighted by atomic mass is 9.90. The zero-order chi connectivity index (χ0) is 33.4. The Morgan fingerprint density at radius 1 is 0.766 bits per heavy atom. The van der Waals surface area contributed by atoms with Crippen LogP contribution in [0.4, 0.5) is 13.2 Å². The van der Waals surface area contributed by atoms with Crippen LogP contribution >= 0.6 is 11.6 Å². The van der Waals surface area contributed by atoms with E-state index in [2.05, 4.69) is 12.1 Å². The van der Waals surface area contributed by atoms with Crippen LogP contribution in [0, 0.1) is 28.5 Å². The first kappa shape index (κ1) is 31.9. The Morgan fingerprint density at radius 3 is 2.02 bits per heavy atom. The third kappa shape index (κ3) is 5.86. The molecule has 2 unspecified atom stereocenters. The van der Waals surface area contributed by atoms with Gasteiger partial charge >= 0.3 is 0 Å². The Labute approximate surface area is 276 Å². The van der Waals surface area contributed by atoms with E-state index in [1.807, 2.05) is 0 Å². The van der Waals surface area contributed by atoms with Gasteiger partial charge in [0.2, 0.25) is 0 Å². The van der Waals surface area contributed by atoms with E-state index in [9.17, 15) is 36.7 Å². The first-order valence-corrected chi connectivity index (χ1v) is 16.3. The van der Waals surface area contributed by atoms with Crippen molar-refractivity contribution in [3.8, 4) is 45.6 Å². The van der Waals surface area contributed by atoms with E-state index in [1.165, 1.54) is 70.7 Å². The molecule has 0 bridgehead atoms. The van der Waals surface area contributed by atoms with Gasteiger partial charge in [0, 0.05) is 38.2 Å². The highest BCUT2D eigenvalue weighted by atomic mass is 35.5. The number of halogens is 4. The Morgan fingerprint density at radius 2 is 1.40 bits per heavy atom. The SMILES string of the molecule is N#Cc1cccc(C#N)c1-c1c(-c2cccc(-c3ccc(S(=O)O)cc3Cl)c2)n(S(=O)c2ccc(C(F)F)cc2)c2ccc(F)cc12. The minimum absolute atomic E-state index is 0.102. The predicted octanol–water partition coefficient (Wildman–Crippen LogP) is 9.27. The number of aromatic nitrogens is 1. The Hall–Kier alpha value is -5.04. The number of alkyl halides is 2. The van der Waals surface area contributed by atoms with E-state index in [0.29, 0.717) is 22.2 Å². The van der Waals surface area contributed by atoms with Crippen molar-refractivity contribution in [1.29, 1.82) is 10.5 Å². The van der Waals surface area contributed by atoms with Gasteiger partial charge in [-0.05, 0) is 66.2 Å². The molecule has 6 aromatic rings. The summed E-state index contributed by atoms with van der Waals surface area (Å²) < 4.78 is 78.7. The Bertz CT molecular complexity index is 2310. The fraction of sp³-hybridized carbons (Fsp3) is 0.0286. The van der Waals surface area contributed by atoms with Gasteiger partial charge in [0.05, 0.1) is 44.3 Å². The minimum atomic E-state index is -2.73. The highest BCUT2D eigenvalue weighted by Crippen LogP contribution is 2.45. The summed E-state index contributed by atoms with van der Waals surface area (Å²) in [6.07, 6.45) is -2.73. The monoisotopic (exact) mass is 685 g/mol. The van der Waals surface area contributed by atoms with Gasteiger partial charge < -0.3 is 4.55 Å². The van der Waals surface area contributed by atoms with Crippen LogP contribution in [0.5, 0.6) is 0 Å². The van der Waals surface area contributed by atoms with Crippen molar-refractivity contribution in [3.63, 3.8) is 0 Å². The molecule has 6 rings (SSSR count). The van der Waals surface area contributed by atoms with E-state index in [4.69, 9.17) is 11.6 Å². The summed E-state index contributed by atoms with van der Waals surface area (Å²) in [5.41, 5.74) is 2.51. The summed E-state index contributed by atoms with van der Waals surface area (Å²) in [6, 6.07) is 28.9. The van der Waals surface area contributed by atoms with Gasteiger partial charge in [0.15, 0.2) is 22.1 Å². The lowest BCUT2D eigenvalue weighted by Gasteiger charge is -2.15. The topological polar surface area (TPSA) is 107 Å². The molecule has 232 valence electrons. The lowest BCUT2D eigenvalue weighted by molar-refractivity contribution is 0.151. The van der Waals surface area contributed by atoms with Crippen LogP contribution in [-0.2, 0) is 22.1 Å². The summed E-state index contributed by atoms with van der Waals surface area (Å²) in [6.45, 7) is 0. The molecule has 1 aromatic heterocycles. The molecule has 0 aliphatic carbocycles. The molecule has 0 amide bonds. The zero-order valence-corrected chi connectivity index (χ0v) is 26.2. The van der Waals surface area contributed by atoms with Crippen LogP contribution < -0.4 is 0 Å². The second-order valence-electron chi connectivity index (χ2n) is 10.2. The fourth-order valence-corrected chi connectivity index (χ4v) is 7.48. The first-order chi connectivity index (χ1) is 22.6. The summed E-state index contributed by atoms with van der Waals surface area (Å²) in [5.74, 6) is -0.621. The number of hydrogen-bond acceptors (Lipinski definition) is 4. The molecule has 0 saturated carbocycles. The molecule has 12 heteroatoms. The molecule has 0 fully saturated rings. The minimum Gasteiger partial charge on any atom is -0.302 e. The third-order valence-corrected chi connectivity index (χ3v) is 9.89. The van der Waals surface area contributed by atoms with Crippen LogP contribution in [0.1, 0.15) is 23.1 Å². The summed E-state index contributed by atoms with van der Waals surface area (Å²) in [4.78, 5) is 0.272. The summed E-state index contributed by atoms with van der Waals surface area (Å²) in [7, 11) is -2.10. The van der Waals surface area contributed by atoms with Gasteiger partial charge in [0.25, 0.3) is 6.43 Å². The van der Waals surface area contributed by atoms with Crippen molar-refractivity contribution in [2.45, 2.75) is 16.2 Å². The first-order valence-electron chi connectivity index (χ1n) is 13.7. The molecule has 0 aliphatic heterocycles. The number of fused-ring (bicyclic) bond motifs is 1. The second kappa shape index (κ2) is 13.0. The van der Waals surface area contributed by atoms with Gasteiger partial charge in [-0.1, -0.05) is 54.1 Å². The van der Waals surface area contributed by atoms with Gasteiger partial charge in [-0.25, -0.2) is 21.6 Å². The standard InChI is InChI=1S/C35H19ClF3N3O3S2/c36-30-17-27(47(44)45)12-13-28(30)21-3-1-4-22(15-21)34-33(32-23(18-40)5-2-6-24(32)19-41)29-16-25(37)9-14-31(29)42(34)46(43)26-10-7-20(8-11-26)35(38)39/h1-17,35H,(H,44,45). The largest absolute Gasteiger partial charge is 0.302 e. The van der Waals surface area contributed by atoms with Gasteiger partial charge in [0.1, 0.15) is 5.82 Å². The lowest BCUT2D eigenvalue weighted by Crippen LogP contribution is -2.07. The summed E-state index contributed by atoms with van der Waals surface area (Å²) >= 11 is 4.27. The van der Waals surface area contributed by atoms with Crippen molar-refractivity contribution in [2.24, 2.45) is 0 Å². The predicted molar refractivity (Wildman–Crippen MR) is 175 cm³/mol. The maximum Gasteiger partial charge on any atom is 0.263 e. The van der Waals surface area contributed by atoms with E-state index < -0.39 is 34.3 Å². The number of hydrogen-bond donors (Lipinski definition) is 1. The highest BCUT2D eigenvalue weighted by Gasteiger charge is 2.28. The average molecular weight is 686 g/mol. The molecule has 5 aromatic carbocycles. The maximum atomic E-state index is 15.0. The van der Waals surface area contributed by atoms with Crippen molar-refractivity contribution >= 4 is 44.6 Å². The van der Waals surface area contributed by atoms with Crippen molar-refractivity contribution in [1.82, 2.24) is 3.97 Å². The Balaban J connectivity index is 1.72. The normalized spacial score (nSPS) is 12.5. The molecule has 6 nitrogen and oxygen atoms in total. The molecule has 0 aliphatic rings. The Kier molecular flexibility index (Phi) is 8.82. The van der Waals surface area contributed by atoms with Crippen LogP contribution in [-0.4, -0.2) is 16.9 Å². The highest BCUT2D eigenvalue weighted by molar-refractivity contribution is 7.83. The third-order valence-electron chi connectivity index (χ3n) is 7.53. The average Bonchev–Trinajstić information content (AvgIpc) is 3.41. The quantitative estimate of drug-likeness (QED) is 0.169. The maximum absolute atomic E-state index is 15.0. The van der Waals surface area contributed by atoms with Crippen molar-refractivity contribution in [3.05, 3.63) is 131 Å². The molecule has 0 saturated heterocycles. The number of nitrogens with zero attached hydrogens (tertiary/aromatic N) is 3. The van der Waals surface area contributed by atoms with E-state index >= 15 is 0 Å². The van der Waals surface area contributed by atoms with E-state index in [0.717, 1.165) is 0 Å². The second-order valence-corrected chi connectivity index (χ2v) is 12.9.